The number of thiazole rings is 1. The lowest BCUT2D eigenvalue weighted by atomic mass is 9.74. The van der Waals surface area contributed by atoms with E-state index in [9.17, 15) is 4.79 Å². The molecule has 3 rings (SSSR count). The monoisotopic (exact) mass is 295 g/mol. The zero-order valence-electron chi connectivity index (χ0n) is 11.8. The van der Waals surface area contributed by atoms with Crippen molar-refractivity contribution in [3.05, 3.63) is 10.6 Å². The molecule has 2 aliphatic rings. The Balaban J connectivity index is 1.70. The van der Waals surface area contributed by atoms with Crippen LogP contribution in [-0.2, 0) is 22.6 Å². The summed E-state index contributed by atoms with van der Waals surface area (Å²) >= 11 is 1.52. The summed E-state index contributed by atoms with van der Waals surface area (Å²) in [6.07, 6.45) is 4.80. The first-order valence-electron chi connectivity index (χ1n) is 7.22. The molecule has 0 bridgehead atoms. The third-order valence-corrected chi connectivity index (χ3v) is 5.28. The fourth-order valence-electron chi connectivity index (χ4n) is 3.06. The van der Waals surface area contributed by atoms with Crippen LogP contribution >= 0.6 is 11.3 Å². The van der Waals surface area contributed by atoms with Crippen LogP contribution in [0.25, 0.3) is 0 Å². The molecule has 0 saturated heterocycles. The zero-order valence-corrected chi connectivity index (χ0v) is 12.6. The van der Waals surface area contributed by atoms with E-state index in [0.717, 1.165) is 42.7 Å². The zero-order chi connectivity index (χ0) is 14.2. The molecule has 2 unspecified atom stereocenters. The van der Waals surface area contributed by atoms with Crippen molar-refractivity contribution in [1.82, 2.24) is 4.98 Å². The maximum absolute atomic E-state index is 12.4. The summed E-state index contributed by atoms with van der Waals surface area (Å²) in [5, 5.41) is 3.64. The van der Waals surface area contributed by atoms with Gasteiger partial charge in [0.2, 0.25) is 5.91 Å². The second kappa shape index (κ2) is 5.42. The molecule has 1 aromatic heterocycles. The predicted molar refractivity (Wildman–Crippen MR) is 78.7 cm³/mol. The van der Waals surface area contributed by atoms with Gasteiger partial charge in [0.25, 0.3) is 0 Å². The lowest BCUT2D eigenvalue weighted by Gasteiger charge is -2.36. The third-order valence-electron chi connectivity index (χ3n) is 4.30. The van der Waals surface area contributed by atoms with Crippen LogP contribution in [0.2, 0.25) is 0 Å². The van der Waals surface area contributed by atoms with E-state index in [0.29, 0.717) is 18.3 Å². The number of rotatable bonds is 2. The second-order valence-corrected chi connectivity index (χ2v) is 7.07. The molecule has 2 atom stereocenters. The van der Waals surface area contributed by atoms with Crippen LogP contribution in [0.15, 0.2) is 0 Å². The van der Waals surface area contributed by atoms with Crippen LogP contribution in [0, 0.1) is 5.92 Å². The van der Waals surface area contributed by atoms with Gasteiger partial charge in [0, 0.05) is 12.0 Å². The molecule has 1 saturated carbocycles. The lowest BCUT2D eigenvalue weighted by Crippen LogP contribution is -2.51. The summed E-state index contributed by atoms with van der Waals surface area (Å²) in [6.45, 7) is 3.31. The van der Waals surface area contributed by atoms with E-state index in [1.54, 1.807) is 0 Å². The molecule has 6 heteroatoms. The highest BCUT2D eigenvalue weighted by Gasteiger charge is 2.38. The maximum atomic E-state index is 12.4. The van der Waals surface area contributed by atoms with Gasteiger partial charge in [-0.1, -0.05) is 24.2 Å². The smallest absolute Gasteiger partial charge is 0.231 e. The Bertz CT molecular complexity index is 489. The Kier molecular flexibility index (Phi) is 3.79. The molecule has 1 aliphatic carbocycles. The first-order chi connectivity index (χ1) is 9.56. The van der Waals surface area contributed by atoms with Gasteiger partial charge >= 0.3 is 0 Å². The van der Waals surface area contributed by atoms with Crippen molar-refractivity contribution in [1.29, 1.82) is 0 Å². The number of ether oxygens (including phenoxy) is 1. The summed E-state index contributed by atoms with van der Waals surface area (Å²) in [5.41, 5.74) is 6.94. The largest absolute Gasteiger partial charge is 0.375 e. The van der Waals surface area contributed by atoms with Gasteiger partial charge in [-0.2, -0.15) is 0 Å². The highest BCUT2D eigenvalue weighted by Crippen LogP contribution is 2.33. The van der Waals surface area contributed by atoms with Crippen LogP contribution < -0.4 is 11.1 Å². The molecule has 1 fully saturated rings. The average Bonchev–Trinajstić information content (AvgIpc) is 2.80. The molecular formula is C14H21N3O2S. The minimum atomic E-state index is -0.400. The van der Waals surface area contributed by atoms with E-state index in [1.165, 1.54) is 11.3 Å². The fourth-order valence-corrected chi connectivity index (χ4v) is 4.01. The molecular weight excluding hydrogens is 274 g/mol. The number of fused-ring (bicyclic) bond motifs is 1. The van der Waals surface area contributed by atoms with E-state index < -0.39 is 5.54 Å². The highest BCUT2D eigenvalue weighted by molar-refractivity contribution is 7.15. The summed E-state index contributed by atoms with van der Waals surface area (Å²) in [5.74, 6) is -0.102. The van der Waals surface area contributed by atoms with E-state index in [-0.39, 0.29) is 11.8 Å². The molecule has 0 aromatic carbocycles. The molecule has 1 aliphatic heterocycles. The van der Waals surface area contributed by atoms with Crippen LogP contribution in [0.3, 0.4) is 0 Å². The van der Waals surface area contributed by atoms with Crippen LogP contribution in [0.1, 0.15) is 43.2 Å². The van der Waals surface area contributed by atoms with Crippen LogP contribution in [0.4, 0.5) is 5.13 Å². The normalized spacial score (nSPS) is 29.8. The Hall–Kier alpha value is -0.980. The molecule has 1 amide bonds. The molecule has 5 nitrogen and oxygen atoms in total. The van der Waals surface area contributed by atoms with Gasteiger partial charge in [-0.3, -0.25) is 4.79 Å². The molecule has 1 aromatic rings. The lowest BCUT2D eigenvalue weighted by molar-refractivity contribution is -0.122. The van der Waals surface area contributed by atoms with Gasteiger partial charge in [-0.25, -0.2) is 4.98 Å². The van der Waals surface area contributed by atoms with Crippen molar-refractivity contribution >= 4 is 22.4 Å². The molecule has 20 heavy (non-hydrogen) atoms. The molecule has 0 radical (unpaired) electrons. The number of hydrogen-bond acceptors (Lipinski definition) is 5. The number of nitrogens with zero attached hydrogens (tertiary/aromatic N) is 1. The molecule has 3 N–H and O–H groups in total. The number of carbonyl (C=O) groups is 1. The molecule has 2 heterocycles. The van der Waals surface area contributed by atoms with Crippen molar-refractivity contribution in [3.8, 4) is 0 Å². The first-order valence-corrected chi connectivity index (χ1v) is 8.04. The number of nitrogens with two attached hydrogens (primary N) is 1. The SMILES string of the molecule is CC1(N)CCCCC1C(=O)Nc1nc2c(s1)COCC2. The number of carbonyl (C=O) groups excluding carboxylic acids is 1. The van der Waals surface area contributed by atoms with Crippen molar-refractivity contribution in [2.24, 2.45) is 11.7 Å². The third kappa shape index (κ3) is 2.73. The minimum absolute atomic E-state index is 0.0155. The quantitative estimate of drug-likeness (QED) is 0.875. The first kappa shape index (κ1) is 14.0. The van der Waals surface area contributed by atoms with Crippen LogP contribution in [0.5, 0.6) is 0 Å². The van der Waals surface area contributed by atoms with Gasteiger partial charge < -0.3 is 15.8 Å². The van der Waals surface area contributed by atoms with Gasteiger partial charge in [0.1, 0.15) is 0 Å². The van der Waals surface area contributed by atoms with Gasteiger partial charge in [-0.15, -0.1) is 0 Å². The van der Waals surface area contributed by atoms with E-state index in [4.69, 9.17) is 10.5 Å². The van der Waals surface area contributed by atoms with Gasteiger partial charge in [-0.05, 0) is 19.8 Å². The second-order valence-electron chi connectivity index (χ2n) is 5.98. The Morgan fingerprint density at radius 3 is 3.15 bits per heavy atom. The van der Waals surface area contributed by atoms with Crippen molar-refractivity contribution < 1.29 is 9.53 Å². The maximum Gasteiger partial charge on any atom is 0.231 e. The van der Waals surface area contributed by atoms with Crippen molar-refractivity contribution in [3.63, 3.8) is 0 Å². The molecule has 0 spiro atoms. The van der Waals surface area contributed by atoms with Crippen molar-refractivity contribution in [2.45, 2.75) is 51.2 Å². The Morgan fingerprint density at radius 2 is 2.40 bits per heavy atom. The number of amides is 1. The van der Waals surface area contributed by atoms with E-state index in [2.05, 4.69) is 10.3 Å². The van der Waals surface area contributed by atoms with E-state index >= 15 is 0 Å². The summed E-state index contributed by atoms with van der Waals surface area (Å²) in [6, 6.07) is 0. The van der Waals surface area contributed by atoms with Crippen LogP contribution in [-0.4, -0.2) is 23.0 Å². The summed E-state index contributed by atoms with van der Waals surface area (Å²) < 4.78 is 5.40. The summed E-state index contributed by atoms with van der Waals surface area (Å²) in [4.78, 5) is 18.1. The number of aromatic nitrogens is 1. The topological polar surface area (TPSA) is 77.2 Å². The standard InChI is InChI=1S/C14H21N3O2S/c1-14(15)6-3-2-4-9(14)12(18)17-13-16-10-5-7-19-8-11(10)20-13/h9H,2-8,15H2,1H3,(H,16,17,18). The Labute approximate surface area is 122 Å². The Morgan fingerprint density at radius 1 is 1.55 bits per heavy atom. The summed E-state index contributed by atoms with van der Waals surface area (Å²) in [7, 11) is 0. The van der Waals surface area contributed by atoms with Gasteiger partial charge in [0.05, 0.1) is 29.7 Å². The minimum Gasteiger partial charge on any atom is -0.375 e. The average molecular weight is 295 g/mol. The van der Waals surface area contributed by atoms with E-state index in [1.807, 2.05) is 6.92 Å². The number of anilines is 1. The predicted octanol–water partition coefficient (Wildman–Crippen LogP) is 2.06. The number of nitrogens with one attached hydrogen (secondary N) is 1. The van der Waals surface area contributed by atoms with Crippen molar-refractivity contribution in [2.75, 3.05) is 11.9 Å². The fraction of sp³-hybridized carbons (Fsp3) is 0.714. The molecule has 110 valence electrons. The van der Waals surface area contributed by atoms with Gasteiger partial charge in [0.15, 0.2) is 5.13 Å². The number of hydrogen-bond donors (Lipinski definition) is 2. The highest BCUT2D eigenvalue weighted by atomic mass is 32.1.